The first-order chi connectivity index (χ1) is 13.6. The van der Waals surface area contributed by atoms with Gasteiger partial charge >= 0.3 is 0 Å². The number of benzene rings is 2. The van der Waals surface area contributed by atoms with Gasteiger partial charge in [0, 0.05) is 17.3 Å². The quantitative estimate of drug-likeness (QED) is 0.448. The predicted molar refractivity (Wildman–Crippen MR) is 112 cm³/mol. The van der Waals surface area contributed by atoms with Gasteiger partial charge in [-0.05, 0) is 36.4 Å². The fraction of sp³-hybridized carbons (Fsp3) is 0.0500. The Morgan fingerprint density at radius 1 is 1.18 bits per heavy atom. The van der Waals surface area contributed by atoms with E-state index in [9.17, 15) is 4.79 Å². The maximum absolute atomic E-state index is 12.2. The summed E-state index contributed by atoms with van der Waals surface area (Å²) < 4.78 is 5.26. The van der Waals surface area contributed by atoms with Gasteiger partial charge in [-0.15, -0.1) is 0 Å². The van der Waals surface area contributed by atoms with Crippen LogP contribution in [-0.4, -0.2) is 29.4 Å². The molecule has 0 bridgehead atoms. The Morgan fingerprint density at radius 2 is 2.00 bits per heavy atom. The zero-order valence-electron chi connectivity index (χ0n) is 14.8. The number of allylic oxidation sites excluding steroid dienone is 1. The standard InChI is InChI=1S/C20H16Cl2N4O2/c1-28-19-7-3-2-5-13(19)6-4-10-23-26-20(27)18-12-17(24-25-18)14-8-9-15(21)16(22)11-14/h2-12H,1H3,(H,24,25)(H,26,27). The third kappa shape index (κ3) is 4.79. The number of nitrogens with zero attached hydrogens (tertiary/aromatic N) is 2. The first kappa shape index (κ1) is 19.7. The minimum absolute atomic E-state index is 0.270. The topological polar surface area (TPSA) is 79.4 Å². The molecule has 0 aliphatic carbocycles. The van der Waals surface area contributed by atoms with Gasteiger partial charge in [0.15, 0.2) is 0 Å². The normalized spacial score (nSPS) is 11.2. The summed E-state index contributed by atoms with van der Waals surface area (Å²) >= 11 is 11.9. The van der Waals surface area contributed by atoms with Gasteiger partial charge in [0.05, 0.1) is 22.8 Å². The highest BCUT2D eigenvalue weighted by Gasteiger charge is 2.11. The molecule has 142 valence electrons. The molecule has 0 radical (unpaired) electrons. The minimum Gasteiger partial charge on any atom is -0.496 e. The molecule has 0 fully saturated rings. The van der Waals surface area contributed by atoms with Gasteiger partial charge in [0.1, 0.15) is 11.4 Å². The molecule has 0 aliphatic heterocycles. The molecule has 3 rings (SSSR count). The number of para-hydroxylation sites is 1. The maximum Gasteiger partial charge on any atom is 0.289 e. The van der Waals surface area contributed by atoms with Crippen LogP contribution in [0, 0.1) is 0 Å². The summed E-state index contributed by atoms with van der Waals surface area (Å²) in [5.74, 6) is 0.337. The third-order valence-corrected chi connectivity index (χ3v) is 4.52. The molecule has 6 nitrogen and oxygen atoms in total. The monoisotopic (exact) mass is 414 g/mol. The largest absolute Gasteiger partial charge is 0.496 e. The summed E-state index contributed by atoms with van der Waals surface area (Å²) in [4.78, 5) is 12.2. The second-order valence-corrected chi connectivity index (χ2v) is 6.43. The van der Waals surface area contributed by atoms with Crippen LogP contribution in [0.3, 0.4) is 0 Å². The highest BCUT2D eigenvalue weighted by atomic mass is 35.5. The average Bonchev–Trinajstić information content (AvgIpc) is 3.20. The molecule has 3 aromatic rings. The van der Waals surface area contributed by atoms with Crippen molar-refractivity contribution in [3.63, 3.8) is 0 Å². The number of hydrogen-bond acceptors (Lipinski definition) is 4. The van der Waals surface area contributed by atoms with Crippen molar-refractivity contribution >= 4 is 41.4 Å². The molecule has 2 aromatic carbocycles. The molecule has 0 atom stereocenters. The molecule has 1 heterocycles. The number of nitrogens with one attached hydrogen (secondary N) is 2. The van der Waals surface area contributed by atoms with E-state index >= 15 is 0 Å². The van der Waals surface area contributed by atoms with Gasteiger partial charge in [-0.2, -0.15) is 10.2 Å². The Labute approximate surface area is 171 Å². The Bertz CT molecular complexity index is 1040. The number of hydrogen-bond donors (Lipinski definition) is 2. The number of carbonyl (C=O) groups is 1. The molecule has 28 heavy (non-hydrogen) atoms. The Morgan fingerprint density at radius 3 is 2.79 bits per heavy atom. The number of ether oxygens (including phenoxy) is 1. The van der Waals surface area contributed by atoms with Gasteiger partial charge in [-0.1, -0.05) is 47.5 Å². The van der Waals surface area contributed by atoms with E-state index in [0.717, 1.165) is 16.9 Å². The fourth-order valence-corrected chi connectivity index (χ4v) is 2.69. The van der Waals surface area contributed by atoms with Crippen LogP contribution in [0.1, 0.15) is 16.1 Å². The SMILES string of the molecule is COc1ccccc1C=CC=NNC(=O)c1cc(-c2ccc(Cl)c(Cl)c2)n[nH]1. The van der Waals surface area contributed by atoms with E-state index in [-0.39, 0.29) is 5.69 Å². The van der Waals surface area contributed by atoms with Crippen molar-refractivity contribution in [3.8, 4) is 17.0 Å². The lowest BCUT2D eigenvalue weighted by Gasteiger charge is -2.02. The fourth-order valence-electron chi connectivity index (χ4n) is 2.39. The van der Waals surface area contributed by atoms with Crippen molar-refractivity contribution in [1.82, 2.24) is 15.6 Å². The van der Waals surface area contributed by atoms with E-state index in [1.165, 1.54) is 6.21 Å². The Hall–Kier alpha value is -3.09. The van der Waals surface area contributed by atoms with E-state index in [4.69, 9.17) is 27.9 Å². The van der Waals surface area contributed by atoms with Crippen LogP contribution in [0.4, 0.5) is 0 Å². The van der Waals surface area contributed by atoms with E-state index < -0.39 is 5.91 Å². The molecular formula is C20H16Cl2N4O2. The predicted octanol–water partition coefficient (Wildman–Crippen LogP) is 4.82. The van der Waals surface area contributed by atoms with Gasteiger partial charge in [-0.3, -0.25) is 9.89 Å². The van der Waals surface area contributed by atoms with Crippen LogP contribution >= 0.6 is 23.2 Å². The highest BCUT2D eigenvalue weighted by molar-refractivity contribution is 6.42. The second-order valence-electron chi connectivity index (χ2n) is 5.62. The van der Waals surface area contributed by atoms with Crippen LogP contribution in [0.15, 0.2) is 59.7 Å². The van der Waals surface area contributed by atoms with Crippen molar-refractivity contribution < 1.29 is 9.53 Å². The number of aromatic amines is 1. The Kier molecular flexibility index (Phi) is 6.47. The maximum atomic E-state index is 12.2. The molecule has 0 saturated carbocycles. The lowest BCUT2D eigenvalue weighted by Crippen LogP contribution is -2.17. The van der Waals surface area contributed by atoms with Crippen LogP contribution in [0.25, 0.3) is 17.3 Å². The van der Waals surface area contributed by atoms with Crippen LogP contribution in [-0.2, 0) is 0 Å². The van der Waals surface area contributed by atoms with Crippen molar-refractivity contribution in [3.05, 3.63) is 75.9 Å². The highest BCUT2D eigenvalue weighted by Crippen LogP contribution is 2.27. The van der Waals surface area contributed by atoms with E-state index in [2.05, 4.69) is 20.7 Å². The number of aromatic nitrogens is 2. The van der Waals surface area contributed by atoms with Crippen LogP contribution in [0.2, 0.25) is 10.0 Å². The minimum atomic E-state index is -0.416. The number of amides is 1. The molecule has 0 saturated heterocycles. The summed E-state index contributed by atoms with van der Waals surface area (Å²) in [5, 5.41) is 11.5. The summed E-state index contributed by atoms with van der Waals surface area (Å²) in [6.07, 6.45) is 5.00. The molecule has 0 aliphatic rings. The van der Waals surface area contributed by atoms with E-state index in [0.29, 0.717) is 15.7 Å². The molecule has 2 N–H and O–H groups in total. The number of rotatable bonds is 6. The first-order valence-electron chi connectivity index (χ1n) is 8.22. The summed E-state index contributed by atoms with van der Waals surface area (Å²) in [6.45, 7) is 0. The number of hydrazone groups is 1. The average molecular weight is 415 g/mol. The number of halogens is 2. The van der Waals surface area contributed by atoms with Crippen molar-refractivity contribution in [1.29, 1.82) is 0 Å². The van der Waals surface area contributed by atoms with E-state index in [1.807, 2.05) is 30.3 Å². The van der Waals surface area contributed by atoms with Gasteiger partial charge < -0.3 is 4.74 Å². The zero-order valence-corrected chi connectivity index (χ0v) is 16.3. The molecule has 8 heteroatoms. The first-order valence-corrected chi connectivity index (χ1v) is 8.98. The molecule has 0 unspecified atom stereocenters. The van der Waals surface area contributed by atoms with Crippen LogP contribution < -0.4 is 10.2 Å². The van der Waals surface area contributed by atoms with E-state index in [1.54, 1.807) is 37.5 Å². The summed E-state index contributed by atoms with van der Waals surface area (Å²) in [6, 6.07) is 14.3. The van der Waals surface area contributed by atoms with Gasteiger partial charge in [0.2, 0.25) is 0 Å². The smallest absolute Gasteiger partial charge is 0.289 e. The molecule has 1 amide bonds. The molecule has 1 aromatic heterocycles. The van der Waals surface area contributed by atoms with Crippen molar-refractivity contribution in [2.75, 3.05) is 7.11 Å². The number of carbonyl (C=O) groups excluding carboxylic acids is 1. The lowest BCUT2D eigenvalue weighted by molar-refractivity contribution is 0.0950. The van der Waals surface area contributed by atoms with Gasteiger partial charge in [0.25, 0.3) is 5.91 Å². The molecular weight excluding hydrogens is 399 g/mol. The third-order valence-electron chi connectivity index (χ3n) is 3.78. The zero-order chi connectivity index (χ0) is 19.9. The van der Waals surface area contributed by atoms with Gasteiger partial charge in [-0.25, -0.2) is 5.43 Å². The van der Waals surface area contributed by atoms with Crippen molar-refractivity contribution in [2.24, 2.45) is 5.10 Å². The van der Waals surface area contributed by atoms with Crippen LogP contribution in [0.5, 0.6) is 5.75 Å². The summed E-state index contributed by atoms with van der Waals surface area (Å²) in [5.41, 5.74) is 4.92. The number of H-pyrrole nitrogens is 1. The number of methoxy groups -OCH3 is 1. The Balaban J connectivity index is 1.61. The summed E-state index contributed by atoms with van der Waals surface area (Å²) in [7, 11) is 1.61. The molecule has 0 spiro atoms. The van der Waals surface area contributed by atoms with Crippen molar-refractivity contribution in [2.45, 2.75) is 0 Å². The lowest BCUT2D eigenvalue weighted by atomic mass is 10.1. The second kappa shape index (κ2) is 9.21.